The molecule has 0 radical (unpaired) electrons. The molecule has 2 bridgehead atoms. The highest BCUT2D eigenvalue weighted by atomic mass is 16.4. The van der Waals surface area contributed by atoms with Gasteiger partial charge in [0.25, 0.3) is 0 Å². The number of amides is 1. The fourth-order valence-electron chi connectivity index (χ4n) is 3.52. The molecule has 0 unspecified atom stereocenters. The zero-order valence-electron chi connectivity index (χ0n) is 11.7. The van der Waals surface area contributed by atoms with Gasteiger partial charge in [0.05, 0.1) is 11.8 Å². The van der Waals surface area contributed by atoms with Gasteiger partial charge in [0.15, 0.2) is 0 Å². The van der Waals surface area contributed by atoms with Crippen molar-refractivity contribution < 1.29 is 14.7 Å². The molecule has 1 heterocycles. The lowest BCUT2D eigenvalue weighted by Gasteiger charge is -2.23. The van der Waals surface area contributed by atoms with Crippen molar-refractivity contribution >= 4 is 11.9 Å². The molecule has 21 heavy (non-hydrogen) atoms. The Morgan fingerprint density at radius 3 is 2.71 bits per heavy atom. The van der Waals surface area contributed by atoms with Crippen LogP contribution in [-0.4, -0.2) is 33.3 Å². The zero-order valence-corrected chi connectivity index (χ0v) is 11.7. The lowest BCUT2D eigenvalue weighted by molar-refractivity contribution is -0.147. The van der Waals surface area contributed by atoms with E-state index in [2.05, 4.69) is 10.4 Å². The van der Waals surface area contributed by atoms with E-state index in [1.807, 2.05) is 29.1 Å². The molecular formula is C15H19N3O3. The maximum atomic E-state index is 12.3. The van der Waals surface area contributed by atoms with Gasteiger partial charge in [0.1, 0.15) is 0 Å². The number of carboxylic acid groups (broad SMARTS) is 1. The van der Waals surface area contributed by atoms with Gasteiger partial charge in [-0.3, -0.25) is 14.3 Å². The van der Waals surface area contributed by atoms with Crippen molar-refractivity contribution in [3.63, 3.8) is 0 Å². The molecule has 0 aliphatic heterocycles. The average Bonchev–Trinajstić information content (AvgIpc) is 3.18. The highest BCUT2D eigenvalue weighted by Crippen LogP contribution is 2.48. The summed E-state index contributed by atoms with van der Waals surface area (Å²) < 4.78 is 1.81. The molecule has 1 aromatic heterocycles. The number of aromatic nitrogens is 2. The number of nitrogens with one attached hydrogen (secondary N) is 1. The Hall–Kier alpha value is -2.11. The standard InChI is InChI=1S/C15H19N3O3/c19-14(16-5-1-7-18-8-2-6-17-18)12-10-3-4-11(9-10)13(12)15(20)21/h2-4,6,8,10-13H,1,5,7,9H2,(H,16,19)(H,20,21)/t10-,11-,12-,13-/m0/s1. The Labute approximate surface area is 122 Å². The summed E-state index contributed by atoms with van der Waals surface area (Å²) in [4.78, 5) is 23.6. The Morgan fingerprint density at radius 2 is 2.05 bits per heavy atom. The Balaban J connectivity index is 1.51. The summed E-state index contributed by atoms with van der Waals surface area (Å²) in [6.07, 6.45) is 9.12. The fraction of sp³-hybridized carbons (Fsp3) is 0.533. The molecule has 6 heteroatoms. The minimum atomic E-state index is -0.858. The first-order valence-corrected chi connectivity index (χ1v) is 7.33. The number of hydrogen-bond donors (Lipinski definition) is 2. The number of carboxylic acids is 1. The van der Waals surface area contributed by atoms with Gasteiger partial charge in [-0.15, -0.1) is 0 Å². The van der Waals surface area contributed by atoms with Gasteiger partial charge in [-0.05, 0) is 30.7 Å². The van der Waals surface area contributed by atoms with E-state index < -0.39 is 17.8 Å². The highest BCUT2D eigenvalue weighted by Gasteiger charge is 2.51. The second kappa shape index (κ2) is 5.71. The first-order valence-electron chi connectivity index (χ1n) is 7.33. The maximum absolute atomic E-state index is 12.3. The molecule has 2 aliphatic carbocycles. The number of aryl methyl sites for hydroxylation is 1. The summed E-state index contributed by atoms with van der Waals surface area (Å²) >= 11 is 0. The van der Waals surface area contributed by atoms with Crippen LogP contribution in [0.3, 0.4) is 0 Å². The first kappa shape index (κ1) is 13.9. The van der Waals surface area contributed by atoms with Crippen LogP contribution in [0.5, 0.6) is 0 Å². The molecule has 1 saturated carbocycles. The smallest absolute Gasteiger partial charge is 0.307 e. The summed E-state index contributed by atoms with van der Waals surface area (Å²) in [6, 6.07) is 1.86. The average molecular weight is 289 g/mol. The topological polar surface area (TPSA) is 84.2 Å². The lowest BCUT2D eigenvalue weighted by atomic mass is 9.82. The van der Waals surface area contributed by atoms with Crippen molar-refractivity contribution in [2.24, 2.45) is 23.7 Å². The zero-order chi connectivity index (χ0) is 14.8. The lowest BCUT2D eigenvalue weighted by Crippen LogP contribution is -2.40. The Kier molecular flexibility index (Phi) is 3.77. The monoisotopic (exact) mass is 289 g/mol. The van der Waals surface area contributed by atoms with Crippen LogP contribution >= 0.6 is 0 Å². The molecule has 4 atom stereocenters. The van der Waals surface area contributed by atoms with Crippen LogP contribution < -0.4 is 5.32 Å². The number of fused-ring (bicyclic) bond motifs is 2. The molecule has 3 rings (SSSR count). The van der Waals surface area contributed by atoms with Crippen LogP contribution in [0.15, 0.2) is 30.6 Å². The number of nitrogens with zero attached hydrogens (tertiary/aromatic N) is 2. The number of allylic oxidation sites excluding steroid dienone is 2. The summed E-state index contributed by atoms with van der Waals surface area (Å²) in [5, 5.41) is 16.3. The number of carbonyl (C=O) groups excluding carboxylic acids is 1. The predicted molar refractivity (Wildman–Crippen MR) is 75.2 cm³/mol. The normalized spacial score (nSPS) is 29.7. The van der Waals surface area contributed by atoms with Crippen LogP contribution in [0.2, 0.25) is 0 Å². The van der Waals surface area contributed by atoms with Gasteiger partial charge in [-0.25, -0.2) is 0 Å². The minimum Gasteiger partial charge on any atom is -0.481 e. The van der Waals surface area contributed by atoms with Gasteiger partial charge in [-0.2, -0.15) is 5.10 Å². The molecule has 112 valence electrons. The molecule has 2 N–H and O–H groups in total. The molecular weight excluding hydrogens is 270 g/mol. The quantitative estimate of drug-likeness (QED) is 0.602. The van der Waals surface area contributed by atoms with E-state index >= 15 is 0 Å². The summed E-state index contributed by atoms with van der Waals surface area (Å²) in [6.45, 7) is 1.29. The van der Waals surface area contributed by atoms with Crippen LogP contribution in [0.4, 0.5) is 0 Å². The van der Waals surface area contributed by atoms with Crippen molar-refractivity contribution in [3.05, 3.63) is 30.6 Å². The molecule has 2 aliphatic rings. The number of aliphatic carboxylic acids is 1. The molecule has 1 aromatic rings. The molecule has 1 amide bonds. The third kappa shape index (κ3) is 2.70. The maximum Gasteiger partial charge on any atom is 0.307 e. The highest BCUT2D eigenvalue weighted by molar-refractivity contribution is 5.86. The van der Waals surface area contributed by atoms with Crippen LogP contribution in [-0.2, 0) is 16.1 Å². The van der Waals surface area contributed by atoms with E-state index in [-0.39, 0.29) is 17.7 Å². The SMILES string of the molecule is O=C(O)[C@@H]1[C@@H](C(=O)NCCCn2cccn2)[C@H]2C=C[C@H]1C2. The number of rotatable bonds is 6. The van der Waals surface area contributed by atoms with Crippen molar-refractivity contribution in [3.8, 4) is 0 Å². The largest absolute Gasteiger partial charge is 0.481 e. The van der Waals surface area contributed by atoms with E-state index in [9.17, 15) is 14.7 Å². The van der Waals surface area contributed by atoms with Crippen LogP contribution in [0.1, 0.15) is 12.8 Å². The van der Waals surface area contributed by atoms with Crippen molar-refractivity contribution in [2.45, 2.75) is 19.4 Å². The van der Waals surface area contributed by atoms with Crippen LogP contribution in [0.25, 0.3) is 0 Å². The molecule has 0 saturated heterocycles. The van der Waals surface area contributed by atoms with E-state index in [4.69, 9.17) is 0 Å². The minimum absolute atomic E-state index is 0.0207. The number of carbonyl (C=O) groups is 2. The van der Waals surface area contributed by atoms with Gasteiger partial charge >= 0.3 is 5.97 Å². The van der Waals surface area contributed by atoms with Crippen LogP contribution in [0, 0.1) is 23.7 Å². The number of hydrogen-bond acceptors (Lipinski definition) is 3. The third-order valence-electron chi connectivity index (χ3n) is 4.47. The fourth-order valence-corrected chi connectivity index (χ4v) is 3.52. The first-order chi connectivity index (χ1) is 10.2. The van der Waals surface area contributed by atoms with Gasteiger partial charge in [-0.1, -0.05) is 12.2 Å². The predicted octanol–water partition coefficient (Wildman–Crippen LogP) is 0.912. The second-order valence-corrected chi connectivity index (χ2v) is 5.75. The van der Waals surface area contributed by atoms with Crippen molar-refractivity contribution in [2.75, 3.05) is 6.54 Å². The summed E-state index contributed by atoms with van der Waals surface area (Å²) in [7, 11) is 0. The molecule has 0 aromatic carbocycles. The third-order valence-corrected chi connectivity index (χ3v) is 4.47. The summed E-state index contributed by atoms with van der Waals surface area (Å²) in [5.74, 6) is -1.86. The van der Waals surface area contributed by atoms with E-state index in [1.54, 1.807) is 6.20 Å². The Bertz CT molecular complexity index is 553. The van der Waals surface area contributed by atoms with Gasteiger partial charge in [0, 0.05) is 25.5 Å². The van der Waals surface area contributed by atoms with E-state index in [0.717, 1.165) is 19.4 Å². The second-order valence-electron chi connectivity index (χ2n) is 5.75. The van der Waals surface area contributed by atoms with Gasteiger partial charge in [0.2, 0.25) is 5.91 Å². The summed E-state index contributed by atoms with van der Waals surface area (Å²) in [5.41, 5.74) is 0. The van der Waals surface area contributed by atoms with Gasteiger partial charge < -0.3 is 10.4 Å². The van der Waals surface area contributed by atoms with Crippen molar-refractivity contribution in [1.29, 1.82) is 0 Å². The van der Waals surface area contributed by atoms with E-state index in [1.165, 1.54) is 0 Å². The van der Waals surface area contributed by atoms with Crippen molar-refractivity contribution in [1.82, 2.24) is 15.1 Å². The molecule has 6 nitrogen and oxygen atoms in total. The van der Waals surface area contributed by atoms with E-state index in [0.29, 0.717) is 6.54 Å². The molecule has 1 fully saturated rings. The Morgan fingerprint density at radius 1 is 1.29 bits per heavy atom. The molecule has 0 spiro atoms.